The molecule has 0 amide bonds. The molecule has 26 heavy (non-hydrogen) atoms. The number of nitrogens with one attached hydrogen (secondary N) is 1. The third-order valence-corrected chi connectivity index (χ3v) is 5.32. The second kappa shape index (κ2) is 6.68. The Labute approximate surface area is 151 Å². The second-order valence-corrected chi connectivity index (χ2v) is 7.09. The summed E-state index contributed by atoms with van der Waals surface area (Å²) in [7, 11) is 0. The highest BCUT2D eigenvalue weighted by atomic mass is 19.1. The first-order valence-corrected chi connectivity index (χ1v) is 9.13. The average Bonchev–Trinajstić information content (AvgIpc) is 3.24. The minimum absolute atomic E-state index is 0.00224. The molecule has 0 bridgehead atoms. The standard InChI is InChI=1S/C20H23FN4O/c1-3-17-13(2)22-19-10-18(23-25(19)20(17)26)15-8-9-24(12-15)11-14-4-6-16(21)7-5-14/h4-7,10,15,23H,3,8-9,11-12H2,1-2H3/t15-/m0/s1. The summed E-state index contributed by atoms with van der Waals surface area (Å²) in [6.45, 7) is 6.59. The summed E-state index contributed by atoms with van der Waals surface area (Å²) in [4.78, 5) is 19.5. The Morgan fingerprint density at radius 1 is 1.31 bits per heavy atom. The van der Waals surface area contributed by atoms with Crippen LogP contribution in [-0.4, -0.2) is 32.6 Å². The van der Waals surface area contributed by atoms with E-state index in [-0.39, 0.29) is 11.4 Å². The monoisotopic (exact) mass is 354 g/mol. The molecule has 6 heteroatoms. The number of fused-ring (bicyclic) bond motifs is 1. The maximum Gasteiger partial charge on any atom is 0.276 e. The van der Waals surface area contributed by atoms with Gasteiger partial charge in [0, 0.05) is 42.0 Å². The predicted octanol–water partition coefficient (Wildman–Crippen LogP) is 3.02. The predicted molar refractivity (Wildman–Crippen MR) is 99.0 cm³/mol. The van der Waals surface area contributed by atoms with Crippen LogP contribution in [0, 0.1) is 12.7 Å². The summed E-state index contributed by atoms with van der Waals surface area (Å²) in [5, 5.41) is 3.27. The molecule has 0 saturated carbocycles. The fourth-order valence-electron chi connectivity index (χ4n) is 3.88. The minimum Gasteiger partial charge on any atom is -0.298 e. The lowest BCUT2D eigenvalue weighted by molar-refractivity contribution is 0.326. The molecule has 3 heterocycles. The van der Waals surface area contributed by atoms with Gasteiger partial charge in [0.1, 0.15) is 5.82 Å². The first kappa shape index (κ1) is 17.0. The highest BCUT2D eigenvalue weighted by Crippen LogP contribution is 2.27. The van der Waals surface area contributed by atoms with Crippen molar-refractivity contribution in [2.24, 2.45) is 0 Å². The fraction of sp³-hybridized carbons (Fsp3) is 0.400. The van der Waals surface area contributed by atoms with Crippen molar-refractivity contribution in [2.45, 2.75) is 39.2 Å². The van der Waals surface area contributed by atoms with Crippen LogP contribution in [0.25, 0.3) is 5.65 Å². The molecule has 0 unspecified atom stereocenters. The van der Waals surface area contributed by atoms with E-state index in [1.165, 1.54) is 12.1 Å². The van der Waals surface area contributed by atoms with Crippen molar-refractivity contribution in [1.29, 1.82) is 0 Å². The van der Waals surface area contributed by atoms with E-state index in [4.69, 9.17) is 0 Å². The Bertz CT molecular complexity index is 989. The number of likely N-dealkylation sites (tertiary alicyclic amines) is 1. The number of aryl methyl sites for hydroxylation is 1. The Balaban J connectivity index is 1.54. The number of aromatic amines is 1. The van der Waals surface area contributed by atoms with Crippen LogP contribution in [0.1, 0.15) is 41.8 Å². The number of H-pyrrole nitrogens is 1. The van der Waals surface area contributed by atoms with Gasteiger partial charge in [-0.15, -0.1) is 0 Å². The number of hydrogen-bond acceptors (Lipinski definition) is 3. The van der Waals surface area contributed by atoms with Crippen molar-refractivity contribution in [2.75, 3.05) is 13.1 Å². The van der Waals surface area contributed by atoms with Gasteiger partial charge in [0.05, 0.1) is 0 Å². The van der Waals surface area contributed by atoms with Crippen molar-refractivity contribution in [3.8, 4) is 0 Å². The third-order valence-electron chi connectivity index (χ3n) is 5.32. The molecule has 1 atom stereocenters. The van der Waals surface area contributed by atoms with Crippen LogP contribution >= 0.6 is 0 Å². The van der Waals surface area contributed by atoms with Crippen LogP contribution in [-0.2, 0) is 13.0 Å². The van der Waals surface area contributed by atoms with E-state index in [0.717, 1.165) is 48.6 Å². The minimum atomic E-state index is -0.203. The SMILES string of the molecule is CCc1c(C)nc2cc([C@H]3CCN(Cc4ccc(F)cc4)C3)[nH]n2c1=O. The molecule has 5 nitrogen and oxygen atoms in total. The second-order valence-electron chi connectivity index (χ2n) is 7.09. The molecular formula is C20H23FN4O. The largest absolute Gasteiger partial charge is 0.298 e. The zero-order valence-electron chi connectivity index (χ0n) is 15.1. The summed E-state index contributed by atoms with van der Waals surface area (Å²) >= 11 is 0. The van der Waals surface area contributed by atoms with Gasteiger partial charge in [-0.05, 0) is 44.0 Å². The molecule has 2 aromatic heterocycles. The molecule has 0 spiro atoms. The molecule has 4 rings (SSSR count). The van der Waals surface area contributed by atoms with Gasteiger partial charge in [0.2, 0.25) is 0 Å². The Kier molecular flexibility index (Phi) is 4.36. The molecule has 1 aliphatic heterocycles. The number of halogens is 1. The number of rotatable bonds is 4. The number of aromatic nitrogens is 3. The van der Waals surface area contributed by atoms with Gasteiger partial charge in [-0.2, -0.15) is 0 Å². The summed E-state index contributed by atoms with van der Waals surface area (Å²) in [5.41, 5.74) is 4.44. The van der Waals surface area contributed by atoms with E-state index in [9.17, 15) is 9.18 Å². The van der Waals surface area contributed by atoms with Gasteiger partial charge >= 0.3 is 0 Å². The highest BCUT2D eigenvalue weighted by Gasteiger charge is 2.26. The first-order chi connectivity index (χ1) is 12.5. The smallest absolute Gasteiger partial charge is 0.276 e. The fourth-order valence-corrected chi connectivity index (χ4v) is 3.88. The molecule has 3 aromatic rings. The molecule has 1 fully saturated rings. The molecule has 1 saturated heterocycles. The molecule has 1 N–H and O–H groups in total. The van der Waals surface area contributed by atoms with E-state index in [1.54, 1.807) is 4.52 Å². The van der Waals surface area contributed by atoms with E-state index >= 15 is 0 Å². The number of hydrogen-bond donors (Lipinski definition) is 1. The van der Waals surface area contributed by atoms with Crippen LogP contribution in [0.5, 0.6) is 0 Å². The van der Waals surface area contributed by atoms with Crippen LogP contribution in [0.15, 0.2) is 35.1 Å². The van der Waals surface area contributed by atoms with E-state index < -0.39 is 0 Å². The zero-order chi connectivity index (χ0) is 18.3. The van der Waals surface area contributed by atoms with Crippen molar-refractivity contribution in [3.05, 3.63) is 69.0 Å². The van der Waals surface area contributed by atoms with Crippen molar-refractivity contribution >= 4 is 5.65 Å². The van der Waals surface area contributed by atoms with Gasteiger partial charge in [-0.3, -0.25) is 14.8 Å². The van der Waals surface area contributed by atoms with Gasteiger partial charge in [-0.1, -0.05) is 19.1 Å². The molecule has 0 aliphatic carbocycles. The van der Waals surface area contributed by atoms with Gasteiger partial charge < -0.3 is 0 Å². The average molecular weight is 354 g/mol. The molecule has 0 radical (unpaired) electrons. The zero-order valence-corrected chi connectivity index (χ0v) is 15.1. The van der Waals surface area contributed by atoms with Crippen LogP contribution < -0.4 is 5.56 Å². The van der Waals surface area contributed by atoms with Crippen LogP contribution in [0.3, 0.4) is 0 Å². The lowest BCUT2D eigenvalue weighted by Gasteiger charge is -2.15. The summed E-state index contributed by atoms with van der Waals surface area (Å²) in [6, 6.07) is 8.69. The van der Waals surface area contributed by atoms with Crippen LogP contribution in [0.2, 0.25) is 0 Å². The van der Waals surface area contributed by atoms with E-state index in [2.05, 4.69) is 15.0 Å². The Morgan fingerprint density at radius 2 is 2.08 bits per heavy atom. The first-order valence-electron chi connectivity index (χ1n) is 9.13. The maximum absolute atomic E-state index is 13.0. The summed E-state index contributed by atoms with van der Waals surface area (Å²) < 4.78 is 14.6. The topological polar surface area (TPSA) is 53.4 Å². The van der Waals surface area contributed by atoms with Gasteiger partial charge in [0.25, 0.3) is 5.56 Å². The Morgan fingerprint density at radius 3 is 2.81 bits per heavy atom. The van der Waals surface area contributed by atoms with Crippen molar-refractivity contribution in [3.63, 3.8) is 0 Å². The third kappa shape index (κ3) is 3.05. The number of benzene rings is 1. The van der Waals surface area contributed by atoms with Gasteiger partial charge in [-0.25, -0.2) is 13.9 Å². The summed E-state index contributed by atoms with van der Waals surface area (Å²) in [5.74, 6) is 0.146. The lowest BCUT2D eigenvalue weighted by atomic mass is 10.1. The normalized spacial score (nSPS) is 18.0. The molecule has 1 aromatic carbocycles. The Hall–Kier alpha value is -2.47. The van der Waals surface area contributed by atoms with E-state index in [1.807, 2.05) is 32.0 Å². The van der Waals surface area contributed by atoms with Crippen molar-refractivity contribution < 1.29 is 4.39 Å². The number of nitrogens with zero attached hydrogens (tertiary/aromatic N) is 3. The highest BCUT2D eigenvalue weighted by molar-refractivity contribution is 5.42. The quantitative estimate of drug-likeness (QED) is 0.784. The molecule has 136 valence electrons. The molecule has 1 aliphatic rings. The lowest BCUT2D eigenvalue weighted by Crippen LogP contribution is -2.21. The molecular weight excluding hydrogens is 331 g/mol. The van der Waals surface area contributed by atoms with Gasteiger partial charge in [0.15, 0.2) is 5.65 Å². The summed E-state index contributed by atoms with van der Waals surface area (Å²) in [6.07, 6.45) is 1.71. The van der Waals surface area contributed by atoms with Crippen LogP contribution in [0.4, 0.5) is 4.39 Å². The van der Waals surface area contributed by atoms with Crippen molar-refractivity contribution in [1.82, 2.24) is 19.5 Å². The van der Waals surface area contributed by atoms with E-state index in [0.29, 0.717) is 18.0 Å². The maximum atomic E-state index is 13.0.